The van der Waals surface area contributed by atoms with Gasteiger partial charge in [0.15, 0.2) is 0 Å². The molecular weight excluding hydrogens is 403 g/mol. The predicted molar refractivity (Wildman–Crippen MR) is 102 cm³/mol. The van der Waals surface area contributed by atoms with Crippen molar-refractivity contribution in [3.63, 3.8) is 0 Å². The molecule has 0 fully saturated rings. The molecule has 2 aromatic carbocycles. The van der Waals surface area contributed by atoms with Crippen molar-refractivity contribution in [2.75, 3.05) is 13.7 Å². The van der Waals surface area contributed by atoms with Crippen molar-refractivity contribution in [3.05, 3.63) is 63.9 Å². The molecule has 5 nitrogen and oxygen atoms in total. The van der Waals surface area contributed by atoms with Gasteiger partial charge in [-0.15, -0.1) is 0 Å². The minimum atomic E-state index is -1.19. The second-order valence-electron chi connectivity index (χ2n) is 6.06. The molecule has 0 heterocycles. The van der Waals surface area contributed by atoms with E-state index in [0.29, 0.717) is 15.8 Å². The molecule has 0 unspecified atom stereocenters. The van der Waals surface area contributed by atoms with Crippen molar-refractivity contribution in [2.24, 2.45) is 11.0 Å². The van der Waals surface area contributed by atoms with Crippen molar-refractivity contribution >= 4 is 27.7 Å². The molecule has 7 heteroatoms. The van der Waals surface area contributed by atoms with Gasteiger partial charge in [0.25, 0.3) is 0 Å². The summed E-state index contributed by atoms with van der Waals surface area (Å²) < 4.78 is 20.3. The van der Waals surface area contributed by atoms with Gasteiger partial charge < -0.3 is 9.84 Å². The summed E-state index contributed by atoms with van der Waals surface area (Å²) in [4.78, 5) is 11.6. The maximum atomic E-state index is 14.5. The molecule has 0 aliphatic rings. The summed E-state index contributed by atoms with van der Waals surface area (Å²) in [6.45, 7) is 3.98. The van der Waals surface area contributed by atoms with E-state index in [-0.39, 0.29) is 23.7 Å². The number of ether oxygens (including phenoxy) is 1. The molecule has 2 aromatic rings. The second-order valence-corrected chi connectivity index (χ2v) is 6.98. The summed E-state index contributed by atoms with van der Waals surface area (Å²) in [5.74, 6) is 0.215. The van der Waals surface area contributed by atoms with Gasteiger partial charge >= 0.3 is 6.09 Å². The monoisotopic (exact) mass is 422 g/mol. The van der Waals surface area contributed by atoms with E-state index >= 15 is 0 Å². The quantitative estimate of drug-likeness (QED) is 0.526. The van der Waals surface area contributed by atoms with E-state index in [1.54, 1.807) is 43.5 Å². The van der Waals surface area contributed by atoms with Crippen LogP contribution >= 0.6 is 15.9 Å². The van der Waals surface area contributed by atoms with Crippen molar-refractivity contribution in [2.45, 2.75) is 13.8 Å². The first kappa shape index (κ1) is 19.9. The highest BCUT2D eigenvalue weighted by Gasteiger charge is 2.18. The minimum Gasteiger partial charge on any atom is -0.497 e. The molecule has 0 spiro atoms. The standard InChI is InChI=1S/C19H20BrFN2O3/c1-12(2)11-23(19(24)25)22-18(13-4-7-15(26-3)8-5-13)16-9-6-14(20)10-17(16)21/h4-10,12H,11H2,1-3H3,(H,24,25). The van der Waals surface area contributed by atoms with Gasteiger partial charge in [0.2, 0.25) is 0 Å². The van der Waals surface area contributed by atoms with E-state index < -0.39 is 11.9 Å². The molecule has 2 rings (SSSR count). The molecule has 1 amide bonds. The summed E-state index contributed by atoms with van der Waals surface area (Å²) in [6, 6.07) is 11.4. The number of nitrogens with zero attached hydrogens (tertiary/aromatic N) is 2. The van der Waals surface area contributed by atoms with Crippen LogP contribution in [0.4, 0.5) is 9.18 Å². The van der Waals surface area contributed by atoms with Gasteiger partial charge in [0.05, 0.1) is 13.7 Å². The van der Waals surface area contributed by atoms with Crippen molar-refractivity contribution in [1.29, 1.82) is 0 Å². The lowest BCUT2D eigenvalue weighted by molar-refractivity contribution is 0.141. The normalized spacial score (nSPS) is 11.5. The zero-order valence-electron chi connectivity index (χ0n) is 14.7. The Hall–Kier alpha value is -2.41. The van der Waals surface area contributed by atoms with Crippen LogP contribution in [-0.4, -0.2) is 35.6 Å². The number of amides is 1. The van der Waals surface area contributed by atoms with E-state index in [9.17, 15) is 14.3 Å². The third-order valence-corrected chi connectivity index (χ3v) is 4.02. The lowest BCUT2D eigenvalue weighted by Gasteiger charge is -2.18. The Morgan fingerprint density at radius 3 is 2.42 bits per heavy atom. The van der Waals surface area contributed by atoms with Gasteiger partial charge in [-0.25, -0.2) is 9.18 Å². The highest BCUT2D eigenvalue weighted by Crippen LogP contribution is 2.21. The van der Waals surface area contributed by atoms with Crippen LogP contribution in [-0.2, 0) is 0 Å². The highest BCUT2D eigenvalue weighted by molar-refractivity contribution is 9.10. The minimum absolute atomic E-state index is 0.0710. The van der Waals surface area contributed by atoms with Gasteiger partial charge in [-0.05, 0) is 48.4 Å². The lowest BCUT2D eigenvalue weighted by Crippen LogP contribution is -2.30. The molecule has 0 aliphatic carbocycles. The number of benzene rings is 2. The summed E-state index contributed by atoms with van der Waals surface area (Å²) in [6.07, 6.45) is -1.19. The van der Waals surface area contributed by atoms with Crippen LogP contribution in [0.3, 0.4) is 0 Å². The smallest absolute Gasteiger partial charge is 0.427 e. The van der Waals surface area contributed by atoms with Gasteiger partial charge in [-0.2, -0.15) is 10.1 Å². The zero-order valence-corrected chi connectivity index (χ0v) is 16.3. The average molecular weight is 423 g/mol. The summed E-state index contributed by atoms with van der Waals surface area (Å²) in [5, 5.41) is 14.7. The van der Waals surface area contributed by atoms with Crippen LogP contribution in [0.2, 0.25) is 0 Å². The maximum absolute atomic E-state index is 14.5. The lowest BCUT2D eigenvalue weighted by atomic mass is 10.0. The number of carboxylic acid groups (broad SMARTS) is 1. The third-order valence-electron chi connectivity index (χ3n) is 3.53. The van der Waals surface area contributed by atoms with Crippen LogP contribution < -0.4 is 4.74 Å². The molecule has 0 saturated heterocycles. The van der Waals surface area contributed by atoms with E-state index in [1.807, 2.05) is 13.8 Å². The van der Waals surface area contributed by atoms with Gasteiger partial charge in [0, 0.05) is 15.6 Å². The average Bonchev–Trinajstić information content (AvgIpc) is 2.59. The van der Waals surface area contributed by atoms with Crippen LogP contribution in [0.1, 0.15) is 25.0 Å². The Morgan fingerprint density at radius 1 is 1.27 bits per heavy atom. The molecule has 1 N–H and O–H groups in total. The first-order valence-corrected chi connectivity index (χ1v) is 8.80. The predicted octanol–water partition coefficient (Wildman–Crippen LogP) is 4.99. The molecule has 0 bridgehead atoms. The van der Waals surface area contributed by atoms with Crippen LogP contribution in [0.25, 0.3) is 0 Å². The Morgan fingerprint density at radius 2 is 1.92 bits per heavy atom. The molecular formula is C19H20BrFN2O3. The molecule has 0 aliphatic heterocycles. The molecule has 0 saturated carbocycles. The largest absolute Gasteiger partial charge is 0.497 e. The Balaban J connectivity index is 2.59. The fourth-order valence-corrected chi connectivity index (χ4v) is 2.66. The number of rotatable bonds is 6. The highest BCUT2D eigenvalue weighted by atomic mass is 79.9. The zero-order chi connectivity index (χ0) is 19.3. The molecule has 26 heavy (non-hydrogen) atoms. The van der Waals surface area contributed by atoms with Crippen molar-refractivity contribution in [3.8, 4) is 5.75 Å². The molecule has 0 atom stereocenters. The number of hydrazone groups is 1. The Kier molecular flexibility index (Phi) is 6.74. The second kappa shape index (κ2) is 8.80. The van der Waals surface area contributed by atoms with Crippen molar-refractivity contribution in [1.82, 2.24) is 5.01 Å². The van der Waals surface area contributed by atoms with E-state index in [0.717, 1.165) is 5.01 Å². The van der Waals surface area contributed by atoms with Gasteiger partial charge in [0.1, 0.15) is 17.3 Å². The number of hydrogen-bond donors (Lipinski definition) is 1. The van der Waals surface area contributed by atoms with E-state index in [1.165, 1.54) is 6.07 Å². The van der Waals surface area contributed by atoms with Crippen LogP contribution in [0.5, 0.6) is 5.75 Å². The van der Waals surface area contributed by atoms with E-state index in [4.69, 9.17) is 4.74 Å². The Labute approximate surface area is 160 Å². The first-order valence-electron chi connectivity index (χ1n) is 8.00. The SMILES string of the molecule is COc1ccc(C(=NN(CC(C)C)C(=O)O)c2ccc(Br)cc2F)cc1. The van der Waals surface area contributed by atoms with Crippen LogP contribution in [0.15, 0.2) is 52.0 Å². The first-order chi connectivity index (χ1) is 12.3. The fraction of sp³-hybridized carbons (Fsp3) is 0.263. The number of hydrogen-bond acceptors (Lipinski definition) is 3. The van der Waals surface area contributed by atoms with E-state index in [2.05, 4.69) is 21.0 Å². The topological polar surface area (TPSA) is 62.1 Å². The summed E-state index contributed by atoms with van der Waals surface area (Å²) >= 11 is 3.23. The number of halogens is 2. The van der Waals surface area contributed by atoms with Crippen LogP contribution in [0, 0.1) is 11.7 Å². The summed E-state index contributed by atoms with van der Waals surface area (Å²) in [5.41, 5.74) is 1.04. The van der Waals surface area contributed by atoms with Gasteiger partial charge in [-0.1, -0.05) is 29.8 Å². The number of methoxy groups -OCH3 is 1. The molecule has 138 valence electrons. The molecule has 0 aromatic heterocycles. The third kappa shape index (κ3) is 5.05. The van der Waals surface area contributed by atoms with Gasteiger partial charge in [-0.3, -0.25) is 0 Å². The molecule has 0 radical (unpaired) electrons. The Bertz CT molecular complexity index is 807. The van der Waals surface area contributed by atoms with Crippen molar-refractivity contribution < 1.29 is 19.0 Å². The number of carbonyl (C=O) groups is 1. The maximum Gasteiger partial charge on any atom is 0.427 e. The fourth-order valence-electron chi connectivity index (χ4n) is 2.33. The summed E-state index contributed by atoms with van der Waals surface area (Å²) in [7, 11) is 1.55.